The predicted octanol–water partition coefficient (Wildman–Crippen LogP) is 3.51. The Labute approximate surface area is 94.8 Å². The lowest BCUT2D eigenvalue weighted by Crippen LogP contribution is -2.23. The fraction of sp³-hybridized carbons (Fsp3) is 0.923. The van der Waals surface area contributed by atoms with Gasteiger partial charge in [0.05, 0.1) is 0 Å². The van der Waals surface area contributed by atoms with Crippen LogP contribution in [0.4, 0.5) is 0 Å². The highest BCUT2D eigenvalue weighted by Gasteiger charge is 2.09. The van der Waals surface area contributed by atoms with Crippen molar-refractivity contribution in [2.24, 2.45) is 5.41 Å². The van der Waals surface area contributed by atoms with Crippen molar-refractivity contribution in [3.63, 3.8) is 0 Å². The molecule has 0 aromatic carbocycles. The van der Waals surface area contributed by atoms with Crippen molar-refractivity contribution in [2.75, 3.05) is 6.54 Å². The molecule has 2 nitrogen and oxygen atoms in total. The molecule has 0 unspecified atom stereocenters. The number of unbranched alkanes of at least 4 members (excludes halogenated alkanes) is 2. The highest BCUT2D eigenvalue weighted by atomic mass is 16.1. The van der Waals surface area contributed by atoms with Gasteiger partial charge >= 0.3 is 0 Å². The van der Waals surface area contributed by atoms with Crippen molar-refractivity contribution in [1.82, 2.24) is 5.32 Å². The number of hydrogen-bond donors (Lipinski definition) is 1. The molecule has 0 atom stereocenters. The molecule has 0 saturated heterocycles. The molecule has 0 aromatic heterocycles. The number of carbonyl (C=O) groups is 1. The zero-order chi connectivity index (χ0) is 11.7. The average Bonchev–Trinajstić information content (AvgIpc) is 2.12. The van der Waals surface area contributed by atoms with E-state index in [-0.39, 0.29) is 5.91 Å². The average molecular weight is 213 g/mol. The van der Waals surface area contributed by atoms with E-state index in [9.17, 15) is 4.79 Å². The first kappa shape index (κ1) is 14.5. The van der Waals surface area contributed by atoms with Crippen molar-refractivity contribution in [3.05, 3.63) is 0 Å². The number of amides is 1. The molecule has 0 spiro atoms. The van der Waals surface area contributed by atoms with Crippen molar-refractivity contribution in [3.8, 4) is 0 Å². The first-order chi connectivity index (χ1) is 6.95. The summed E-state index contributed by atoms with van der Waals surface area (Å²) in [7, 11) is 0. The lowest BCUT2D eigenvalue weighted by atomic mass is 9.89. The van der Waals surface area contributed by atoms with Crippen molar-refractivity contribution >= 4 is 5.91 Å². The molecule has 0 aliphatic rings. The predicted molar refractivity (Wildman–Crippen MR) is 65.8 cm³/mol. The van der Waals surface area contributed by atoms with Crippen LogP contribution < -0.4 is 5.32 Å². The van der Waals surface area contributed by atoms with Crippen LogP contribution in [0, 0.1) is 5.41 Å². The zero-order valence-electron chi connectivity index (χ0n) is 10.9. The van der Waals surface area contributed by atoms with Gasteiger partial charge in [-0.05, 0) is 24.7 Å². The molecule has 1 N–H and O–H groups in total. The van der Waals surface area contributed by atoms with Gasteiger partial charge in [0.1, 0.15) is 0 Å². The third kappa shape index (κ3) is 11.4. The zero-order valence-corrected chi connectivity index (χ0v) is 10.9. The van der Waals surface area contributed by atoms with Crippen LogP contribution in [0.3, 0.4) is 0 Å². The van der Waals surface area contributed by atoms with Gasteiger partial charge in [-0.25, -0.2) is 0 Å². The fourth-order valence-electron chi connectivity index (χ4n) is 1.47. The minimum atomic E-state index is 0.215. The molecule has 0 heterocycles. The Morgan fingerprint density at radius 1 is 1.13 bits per heavy atom. The summed E-state index contributed by atoms with van der Waals surface area (Å²) < 4.78 is 0. The quantitative estimate of drug-likeness (QED) is 0.644. The van der Waals surface area contributed by atoms with E-state index in [0.29, 0.717) is 11.8 Å². The molecule has 0 bridgehead atoms. The third-order valence-electron chi connectivity index (χ3n) is 2.40. The van der Waals surface area contributed by atoms with E-state index in [1.54, 1.807) is 0 Å². The summed E-state index contributed by atoms with van der Waals surface area (Å²) in [5.74, 6) is 0.215. The minimum Gasteiger partial charge on any atom is -0.356 e. The topological polar surface area (TPSA) is 29.1 Å². The largest absolute Gasteiger partial charge is 0.356 e. The van der Waals surface area contributed by atoms with Gasteiger partial charge in [-0.3, -0.25) is 4.79 Å². The molecule has 0 fully saturated rings. The highest BCUT2D eigenvalue weighted by Crippen LogP contribution is 2.22. The second kappa shape index (κ2) is 7.72. The Bertz CT molecular complexity index is 170. The lowest BCUT2D eigenvalue weighted by Gasteiger charge is -2.17. The fourth-order valence-corrected chi connectivity index (χ4v) is 1.47. The normalized spacial score (nSPS) is 11.5. The van der Waals surface area contributed by atoms with E-state index in [1.807, 2.05) is 0 Å². The Morgan fingerprint density at radius 3 is 2.33 bits per heavy atom. The summed E-state index contributed by atoms with van der Waals surface area (Å²) in [6.45, 7) is 9.69. The molecule has 0 radical (unpaired) electrons. The summed E-state index contributed by atoms with van der Waals surface area (Å²) in [6.07, 6.45) is 6.43. The summed E-state index contributed by atoms with van der Waals surface area (Å²) in [4.78, 5) is 11.3. The molecule has 0 aliphatic heterocycles. The van der Waals surface area contributed by atoms with Gasteiger partial charge < -0.3 is 5.32 Å². The van der Waals surface area contributed by atoms with Crippen molar-refractivity contribution in [1.29, 1.82) is 0 Å². The lowest BCUT2D eigenvalue weighted by molar-refractivity contribution is -0.121. The van der Waals surface area contributed by atoms with Crippen LogP contribution in [0.25, 0.3) is 0 Å². The monoisotopic (exact) mass is 213 g/mol. The van der Waals surface area contributed by atoms with Gasteiger partial charge in [0.2, 0.25) is 5.91 Å². The van der Waals surface area contributed by atoms with Crippen LogP contribution in [0.1, 0.15) is 66.2 Å². The van der Waals surface area contributed by atoms with Gasteiger partial charge in [0.25, 0.3) is 0 Å². The Balaban J connectivity index is 3.27. The van der Waals surface area contributed by atoms with Gasteiger partial charge in [-0.1, -0.05) is 40.5 Å². The van der Waals surface area contributed by atoms with E-state index in [4.69, 9.17) is 0 Å². The van der Waals surface area contributed by atoms with Crippen LogP contribution in [-0.2, 0) is 4.79 Å². The summed E-state index contributed by atoms with van der Waals surface area (Å²) in [5.41, 5.74) is 0.435. The molecule has 0 aliphatic carbocycles. The smallest absolute Gasteiger partial charge is 0.219 e. The molecular formula is C13H27NO. The van der Waals surface area contributed by atoms with Crippen LogP contribution in [0.5, 0.6) is 0 Å². The number of hydrogen-bond acceptors (Lipinski definition) is 1. The molecule has 1 amide bonds. The molecule has 2 heteroatoms. The maximum absolute atomic E-state index is 11.3. The second-order valence-electron chi connectivity index (χ2n) is 5.47. The Morgan fingerprint density at radius 2 is 1.80 bits per heavy atom. The summed E-state index contributed by atoms with van der Waals surface area (Å²) in [6, 6.07) is 0. The number of nitrogens with one attached hydrogen (secondary N) is 1. The molecule has 0 rings (SSSR count). The maximum Gasteiger partial charge on any atom is 0.219 e. The first-order valence-corrected chi connectivity index (χ1v) is 6.22. The van der Waals surface area contributed by atoms with Crippen LogP contribution in [0.2, 0.25) is 0 Å². The molecule has 15 heavy (non-hydrogen) atoms. The molecular weight excluding hydrogens is 186 g/mol. The number of rotatable bonds is 7. The standard InChI is InChI=1S/C13H27NO/c1-5-11-14-12(15)9-7-6-8-10-13(2,3)4/h5-11H2,1-4H3,(H,14,15). The van der Waals surface area contributed by atoms with Crippen LogP contribution in [0.15, 0.2) is 0 Å². The van der Waals surface area contributed by atoms with Crippen molar-refractivity contribution < 1.29 is 4.79 Å². The minimum absolute atomic E-state index is 0.215. The van der Waals surface area contributed by atoms with E-state index >= 15 is 0 Å². The Kier molecular flexibility index (Phi) is 7.45. The van der Waals surface area contributed by atoms with E-state index in [1.165, 1.54) is 19.3 Å². The third-order valence-corrected chi connectivity index (χ3v) is 2.40. The maximum atomic E-state index is 11.3. The molecule has 0 saturated carbocycles. The van der Waals surface area contributed by atoms with Gasteiger partial charge in [-0.15, -0.1) is 0 Å². The van der Waals surface area contributed by atoms with E-state index in [0.717, 1.165) is 19.4 Å². The highest BCUT2D eigenvalue weighted by molar-refractivity contribution is 5.75. The summed E-state index contributed by atoms with van der Waals surface area (Å²) >= 11 is 0. The van der Waals surface area contributed by atoms with Gasteiger partial charge in [0, 0.05) is 13.0 Å². The second-order valence-corrected chi connectivity index (χ2v) is 5.47. The van der Waals surface area contributed by atoms with Crippen molar-refractivity contribution in [2.45, 2.75) is 66.2 Å². The van der Waals surface area contributed by atoms with Gasteiger partial charge in [0.15, 0.2) is 0 Å². The number of carbonyl (C=O) groups excluding carboxylic acids is 1. The summed E-state index contributed by atoms with van der Waals surface area (Å²) in [5, 5.41) is 2.90. The first-order valence-electron chi connectivity index (χ1n) is 6.22. The van der Waals surface area contributed by atoms with Crippen LogP contribution in [-0.4, -0.2) is 12.5 Å². The Hall–Kier alpha value is -0.530. The molecule has 0 aromatic rings. The van der Waals surface area contributed by atoms with E-state index in [2.05, 4.69) is 33.0 Å². The van der Waals surface area contributed by atoms with Gasteiger partial charge in [-0.2, -0.15) is 0 Å². The van der Waals surface area contributed by atoms with E-state index < -0.39 is 0 Å². The van der Waals surface area contributed by atoms with Crippen LogP contribution >= 0.6 is 0 Å². The SMILES string of the molecule is CCCNC(=O)CCCCCC(C)(C)C. The molecule has 90 valence electrons.